The summed E-state index contributed by atoms with van der Waals surface area (Å²) >= 11 is 4.51. The molecular formula is C10H8I2N4O. The number of hydrogen-bond acceptors (Lipinski definition) is 4. The largest absolute Gasteiger partial charge is 0.495 e. The molecule has 0 saturated carbocycles. The van der Waals surface area contributed by atoms with Crippen LogP contribution < -0.4 is 4.74 Å². The summed E-state index contributed by atoms with van der Waals surface area (Å²) in [5.74, 6) is 0.822. The van der Waals surface area contributed by atoms with E-state index < -0.39 is 0 Å². The van der Waals surface area contributed by atoms with E-state index >= 15 is 0 Å². The quantitative estimate of drug-likeness (QED) is 0.529. The number of hydrogen-bond donors (Lipinski definition) is 0. The van der Waals surface area contributed by atoms with E-state index in [4.69, 9.17) is 4.74 Å². The Labute approximate surface area is 126 Å². The number of halogens is 2. The number of benzene rings is 1. The van der Waals surface area contributed by atoms with E-state index in [0.717, 1.165) is 18.5 Å². The molecule has 0 saturated heterocycles. The zero-order chi connectivity index (χ0) is 12.3. The number of ether oxygens (including phenoxy) is 1. The minimum Gasteiger partial charge on any atom is -0.495 e. The number of aromatic nitrogens is 3. The average molecular weight is 454 g/mol. The van der Waals surface area contributed by atoms with Gasteiger partial charge in [0, 0.05) is 9.13 Å². The molecule has 0 bridgehead atoms. The van der Waals surface area contributed by atoms with Crippen LogP contribution in [0.2, 0.25) is 0 Å². The maximum absolute atomic E-state index is 5.36. The van der Waals surface area contributed by atoms with Gasteiger partial charge in [-0.1, -0.05) is 0 Å². The summed E-state index contributed by atoms with van der Waals surface area (Å²) in [4.78, 5) is 0. The lowest BCUT2D eigenvalue weighted by Gasteiger charge is -2.07. The summed E-state index contributed by atoms with van der Waals surface area (Å²) in [5.41, 5.74) is 0.928. The Hall–Kier alpha value is -0.710. The van der Waals surface area contributed by atoms with Crippen LogP contribution in [0.1, 0.15) is 5.56 Å². The van der Waals surface area contributed by atoms with Crippen LogP contribution in [0.5, 0.6) is 5.75 Å². The van der Waals surface area contributed by atoms with Gasteiger partial charge in [-0.3, -0.25) is 0 Å². The van der Waals surface area contributed by atoms with Gasteiger partial charge in [0.2, 0.25) is 0 Å². The van der Waals surface area contributed by atoms with Crippen molar-refractivity contribution in [3.8, 4) is 5.75 Å². The Bertz CT molecular complexity index is 539. The van der Waals surface area contributed by atoms with E-state index in [1.54, 1.807) is 13.3 Å². The molecule has 0 radical (unpaired) electrons. The van der Waals surface area contributed by atoms with E-state index in [0.29, 0.717) is 0 Å². The van der Waals surface area contributed by atoms with Crippen LogP contribution >= 0.6 is 45.2 Å². The monoisotopic (exact) mass is 454 g/mol. The summed E-state index contributed by atoms with van der Waals surface area (Å²) in [6.45, 7) is 0. The van der Waals surface area contributed by atoms with E-state index in [2.05, 4.69) is 66.5 Å². The van der Waals surface area contributed by atoms with Crippen molar-refractivity contribution in [1.29, 1.82) is 0 Å². The number of nitrogens with zero attached hydrogens (tertiary/aromatic N) is 4. The molecule has 88 valence electrons. The molecule has 0 aliphatic carbocycles. The molecular weight excluding hydrogens is 446 g/mol. The van der Waals surface area contributed by atoms with Gasteiger partial charge in [0.15, 0.2) is 0 Å². The Balaban J connectivity index is 2.38. The number of methoxy groups -OCH3 is 1. The average Bonchev–Trinajstić information content (AvgIpc) is 2.78. The normalized spacial score (nSPS) is 11.0. The van der Waals surface area contributed by atoms with Crippen LogP contribution in [0, 0.1) is 7.14 Å². The lowest BCUT2D eigenvalue weighted by Crippen LogP contribution is -1.96. The third-order valence-electron chi connectivity index (χ3n) is 1.98. The van der Waals surface area contributed by atoms with Gasteiger partial charge in [-0.25, -0.2) is 4.68 Å². The van der Waals surface area contributed by atoms with Crippen molar-refractivity contribution in [3.05, 3.63) is 37.5 Å². The molecule has 1 aromatic heterocycles. The molecule has 0 atom stereocenters. The van der Waals surface area contributed by atoms with Crippen LogP contribution in [-0.2, 0) is 0 Å². The zero-order valence-corrected chi connectivity index (χ0v) is 13.2. The topological polar surface area (TPSA) is 52.3 Å². The first-order valence-electron chi connectivity index (χ1n) is 4.62. The molecule has 0 unspecified atom stereocenters. The van der Waals surface area contributed by atoms with Crippen molar-refractivity contribution in [1.82, 2.24) is 14.9 Å². The second-order valence-corrected chi connectivity index (χ2v) is 5.50. The lowest BCUT2D eigenvalue weighted by atomic mass is 10.2. The van der Waals surface area contributed by atoms with Crippen LogP contribution in [0.15, 0.2) is 29.9 Å². The Morgan fingerprint density at radius 3 is 2.65 bits per heavy atom. The molecule has 5 nitrogen and oxygen atoms in total. The predicted molar refractivity (Wildman–Crippen MR) is 81.4 cm³/mol. The summed E-state index contributed by atoms with van der Waals surface area (Å²) in [5, 5.41) is 11.6. The molecule has 0 aliphatic heterocycles. The van der Waals surface area contributed by atoms with Crippen LogP contribution in [0.4, 0.5) is 0 Å². The van der Waals surface area contributed by atoms with Gasteiger partial charge in [-0.05, 0) is 57.3 Å². The summed E-state index contributed by atoms with van der Waals surface area (Å²) in [6.07, 6.45) is 4.79. The van der Waals surface area contributed by atoms with Crippen LogP contribution in [-0.4, -0.2) is 28.2 Å². The molecule has 0 N–H and O–H groups in total. The van der Waals surface area contributed by atoms with Gasteiger partial charge in [0.25, 0.3) is 0 Å². The maximum atomic E-state index is 5.36. The third-order valence-corrected chi connectivity index (χ3v) is 3.40. The fourth-order valence-corrected chi connectivity index (χ4v) is 3.39. The molecule has 2 aromatic rings. The number of rotatable bonds is 3. The molecule has 0 spiro atoms. The van der Waals surface area contributed by atoms with Crippen molar-refractivity contribution in [3.63, 3.8) is 0 Å². The first-order valence-corrected chi connectivity index (χ1v) is 6.78. The first-order chi connectivity index (χ1) is 8.20. The van der Waals surface area contributed by atoms with Gasteiger partial charge >= 0.3 is 0 Å². The summed E-state index contributed by atoms with van der Waals surface area (Å²) in [6, 6.07) is 4.06. The van der Waals surface area contributed by atoms with E-state index in [1.807, 2.05) is 6.07 Å². The predicted octanol–water partition coefficient (Wildman–Crippen LogP) is 2.38. The van der Waals surface area contributed by atoms with Gasteiger partial charge in [-0.15, -0.1) is 10.2 Å². The highest BCUT2D eigenvalue weighted by Gasteiger charge is 2.07. The standard InChI is InChI=1S/C10H8I2N4O/c1-17-10-7(2-8(11)3-9(10)12)4-15-16-5-13-14-6-16/h2-6H,1H3/b15-4+. The van der Waals surface area contributed by atoms with Crippen LogP contribution in [0.25, 0.3) is 0 Å². The fourth-order valence-electron chi connectivity index (χ4n) is 1.28. The van der Waals surface area contributed by atoms with E-state index in [9.17, 15) is 0 Å². The highest BCUT2D eigenvalue weighted by Crippen LogP contribution is 2.26. The van der Waals surface area contributed by atoms with Crippen molar-refractivity contribution in [2.45, 2.75) is 0 Å². The van der Waals surface area contributed by atoms with Gasteiger partial charge in [-0.2, -0.15) is 5.10 Å². The van der Waals surface area contributed by atoms with Crippen molar-refractivity contribution in [2.75, 3.05) is 7.11 Å². The molecule has 7 heteroatoms. The highest BCUT2D eigenvalue weighted by atomic mass is 127. The molecule has 0 fully saturated rings. The smallest absolute Gasteiger partial charge is 0.141 e. The minimum absolute atomic E-state index is 0.822. The fraction of sp³-hybridized carbons (Fsp3) is 0.100. The zero-order valence-electron chi connectivity index (χ0n) is 8.84. The Morgan fingerprint density at radius 2 is 2.00 bits per heavy atom. The minimum atomic E-state index is 0.822. The summed E-state index contributed by atoms with van der Waals surface area (Å²) in [7, 11) is 1.65. The second kappa shape index (κ2) is 5.76. The molecule has 1 heterocycles. The Morgan fingerprint density at radius 1 is 1.29 bits per heavy atom. The van der Waals surface area contributed by atoms with Gasteiger partial charge < -0.3 is 4.74 Å². The molecule has 2 rings (SSSR count). The first kappa shape index (κ1) is 12.7. The Kier molecular flexibility index (Phi) is 4.31. The molecule has 17 heavy (non-hydrogen) atoms. The van der Waals surface area contributed by atoms with E-state index in [1.165, 1.54) is 17.3 Å². The SMILES string of the molecule is COc1c(I)cc(I)cc1/C=N/n1cnnc1. The summed E-state index contributed by atoms with van der Waals surface area (Å²) < 4.78 is 9.09. The highest BCUT2D eigenvalue weighted by molar-refractivity contribution is 14.1. The van der Waals surface area contributed by atoms with Crippen molar-refractivity contribution in [2.24, 2.45) is 5.10 Å². The molecule has 0 aliphatic rings. The maximum Gasteiger partial charge on any atom is 0.141 e. The van der Waals surface area contributed by atoms with Crippen LogP contribution in [0.3, 0.4) is 0 Å². The second-order valence-electron chi connectivity index (χ2n) is 3.10. The van der Waals surface area contributed by atoms with Gasteiger partial charge in [0.05, 0.1) is 16.9 Å². The van der Waals surface area contributed by atoms with Crippen molar-refractivity contribution >= 4 is 51.4 Å². The van der Waals surface area contributed by atoms with E-state index in [-0.39, 0.29) is 0 Å². The van der Waals surface area contributed by atoms with Crippen molar-refractivity contribution < 1.29 is 4.74 Å². The third kappa shape index (κ3) is 3.15. The lowest BCUT2D eigenvalue weighted by molar-refractivity contribution is 0.411. The van der Waals surface area contributed by atoms with Gasteiger partial charge in [0.1, 0.15) is 18.4 Å². The molecule has 0 amide bonds. The molecule has 1 aromatic carbocycles.